The molecule has 8 rings (SSSR count). The fourth-order valence-electron chi connectivity index (χ4n) is 9.33. The Kier molecular flexibility index (Phi) is 15.9. The summed E-state index contributed by atoms with van der Waals surface area (Å²) >= 11 is 0. The average Bonchev–Trinajstić information content (AvgIpc) is 3.71. The topological polar surface area (TPSA) is 138 Å². The number of rotatable bonds is 21. The van der Waals surface area contributed by atoms with E-state index in [-0.39, 0.29) is 32.0 Å². The van der Waals surface area contributed by atoms with E-state index in [4.69, 9.17) is 9.47 Å². The predicted molar refractivity (Wildman–Crippen MR) is 267 cm³/mol. The van der Waals surface area contributed by atoms with Crippen molar-refractivity contribution in [3.8, 4) is 16.9 Å². The van der Waals surface area contributed by atoms with Gasteiger partial charge in [0.15, 0.2) is 0 Å². The van der Waals surface area contributed by atoms with E-state index in [0.29, 0.717) is 42.6 Å². The van der Waals surface area contributed by atoms with E-state index in [0.717, 1.165) is 44.7 Å². The number of benzene rings is 7. The van der Waals surface area contributed by atoms with Crippen LogP contribution in [0.5, 0.6) is 5.75 Å². The van der Waals surface area contributed by atoms with Gasteiger partial charge in [0.1, 0.15) is 24.2 Å². The molecule has 5 N–H and O–H groups in total. The fraction of sp³-hybridized carbons (Fsp3) is 0.224. The molecular weight excluding hydrogens is 868 g/mol. The van der Waals surface area contributed by atoms with Crippen LogP contribution in [0.25, 0.3) is 11.1 Å². The largest absolute Gasteiger partial charge is 0.497 e. The Hall–Kier alpha value is -7.60. The van der Waals surface area contributed by atoms with Crippen LogP contribution in [0.2, 0.25) is 0 Å². The quantitative estimate of drug-likeness (QED) is 0.0358. The number of anilines is 1. The molecule has 2 atom stereocenters. The molecule has 0 aromatic heterocycles. The van der Waals surface area contributed by atoms with Crippen LogP contribution in [0.3, 0.4) is 0 Å². The first-order valence-corrected chi connectivity index (χ1v) is 23.4. The van der Waals surface area contributed by atoms with E-state index >= 15 is 0 Å². The summed E-state index contributed by atoms with van der Waals surface area (Å²) in [6.45, 7) is 0.507. The molecule has 0 aliphatic heterocycles. The van der Waals surface area contributed by atoms with Crippen molar-refractivity contribution in [2.24, 2.45) is 0 Å². The highest BCUT2D eigenvalue weighted by molar-refractivity contribution is 5.97. The Balaban J connectivity index is 0.971. The van der Waals surface area contributed by atoms with E-state index < -0.39 is 41.3 Å². The number of hydrogen-bond donors (Lipinski definition) is 5. The lowest BCUT2D eigenvalue weighted by molar-refractivity contribution is -0.127. The second kappa shape index (κ2) is 22.9. The highest BCUT2D eigenvalue weighted by atomic mass is 19.1. The van der Waals surface area contributed by atoms with Crippen LogP contribution in [0.1, 0.15) is 70.5 Å². The van der Waals surface area contributed by atoms with Crippen LogP contribution < -0.4 is 26.0 Å². The number of amides is 3. The van der Waals surface area contributed by atoms with Crippen LogP contribution in [0.4, 0.5) is 14.9 Å². The first-order valence-electron chi connectivity index (χ1n) is 23.4. The third kappa shape index (κ3) is 11.8. The normalized spacial score (nSPS) is 12.8. The lowest BCUT2D eigenvalue weighted by atomic mass is 9.77. The number of nitrogens with one attached hydrogen (secondary N) is 4. The number of methoxy groups -OCH3 is 1. The van der Waals surface area contributed by atoms with E-state index in [9.17, 15) is 23.9 Å². The van der Waals surface area contributed by atoms with Gasteiger partial charge in [0.05, 0.1) is 19.3 Å². The highest BCUT2D eigenvalue weighted by Crippen LogP contribution is 2.44. The van der Waals surface area contributed by atoms with Crippen molar-refractivity contribution in [2.45, 2.75) is 62.3 Å². The molecule has 0 bridgehead atoms. The minimum Gasteiger partial charge on any atom is -0.497 e. The summed E-state index contributed by atoms with van der Waals surface area (Å²) in [7, 11) is 1.65. The van der Waals surface area contributed by atoms with Gasteiger partial charge in [-0.3, -0.25) is 14.9 Å². The first kappa shape index (κ1) is 47.9. The molecular formula is C58H57FN4O6. The molecule has 3 amide bonds. The van der Waals surface area contributed by atoms with Crippen LogP contribution >= 0.6 is 0 Å². The van der Waals surface area contributed by atoms with Crippen molar-refractivity contribution in [2.75, 3.05) is 25.6 Å². The SMILES string of the molecule is COc1ccc(C(NCCCCC(NC(=O)CC(Cc2ccc(F)cc2)NC(=O)OCC2c3ccccc3-c3ccccc32)C(=O)Nc2ccc(CO)cc2)(c2ccccc2)c2ccccc2)cc1. The van der Waals surface area contributed by atoms with Crippen LogP contribution in [0, 0.1) is 5.82 Å². The summed E-state index contributed by atoms with van der Waals surface area (Å²) in [4.78, 5) is 41.8. The van der Waals surface area contributed by atoms with E-state index in [1.807, 2.05) is 84.9 Å². The second-order valence-corrected chi connectivity index (χ2v) is 17.3. The van der Waals surface area contributed by atoms with Crippen LogP contribution in [0.15, 0.2) is 182 Å². The minimum atomic E-state index is -0.939. The maximum absolute atomic E-state index is 14.1. The maximum atomic E-state index is 14.1. The lowest BCUT2D eigenvalue weighted by Gasteiger charge is -2.37. The molecule has 10 nitrogen and oxygen atoms in total. The fourth-order valence-corrected chi connectivity index (χ4v) is 9.33. The molecule has 1 aliphatic carbocycles. The number of ether oxygens (including phenoxy) is 2. The van der Waals surface area contributed by atoms with Crippen molar-refractivity contribution in [1.29, 1.82) is 0 Å². The summed E-state index contributed by atoms with van der Waals surface area (Å²) in [6, 6.07) is 55.8. The smallest absolute Gasteiger partial charge is 0.407 e. The molecule has 1 aliphatic rings. The summed E-state index contributed by atoms with van der Waals surface area (Å²) in [6.07, 6.45) is 0.851. The van der Waals surface area contributed by atoms with Gasteiger partial charge in [0, 0.05) is 24.1 Å². The summed E-state index contributed by atoms with van der Waals surface area (Å²) in [5.41, 5.74) is 8.68. The zero-order chi connectivity index (χ0) is 48.0. The molecule has 0 fully saturated rings. The molecule has 69 heavy (non-hydrogen) atoms. The number of fused-ring (bicyclic) bond motifs is 3. The summed E-state index contributed by atoms with van der Waals surface area (Å²) in [5.74, 6) is -0.680. The third-order valence-corrected chi connectivity index (χ3v) is 12.8. The van der Waals surface area contributed by atoms with Gasteiger partial charge in [-0.15, -0.1) is 0 Å². The first-order chi connectivity index (χ1) is 33.7. The Bertz CT molecular complexity index is 2700. The standard InChI is InChI=1S/C58H57FN4O6/c1-68-48-33-27-44(28-34-48)58(42-14-4-2-5-15-42,43-16-6-3-7-17-43)60-35-13-12-22-54(56(66)61-46-31-25-41(38-64)26-32-46)63-55(65)37-47(36-40-23-29-45(59)30-24-40)62-57(67)69-39-53-51-20-10-8-18-49(51)50-19-9-11-21-52(50)53/h2-11,14-21,23-34,47,53-54,60,64H,12-13,22,35-39H2,1H3,(H,61,66)(H,62,67)(H,63,65). The van der Waals surface area contributed by atoms with Crippen molar-refractivity contribution in [3.63, 3.8) is 0 Å². The Labute approximate surface area is 402 Å². The Morgan fingerprint density at radius 3 is 1.81 bits per heavy atom. The van der Waals surface area contributed by atoms with Gasteiger partial charge >= 0.3 is 6.09 Å². The number of hydrogen-bond acceptors (Lipinski definition) is 7. The van der Waals surface area contributed by atoms with Crippen molar-refractivity contribution in [3.05, 3.63) is 227 Å². The number of aliphatic hydroxyl groups is 1. The predicted octanol–water partition coefficient (Wildman–Crippen LogP) is 10.0. The maximum Gasteiger partial charge on any atom is 0.407 e. The van der Waals surface area contributed by atoms with Crippen molar-refractivity contribution < 1.29 is 33.4 Å². The molecule has 0 saturated heterocycles. The monoisotopic (exact) mass is 924 g/mol. The van der Waals surface area contributed by atoms with E-state index in [2.05, 4.69) is 69.8 Å². The van der Waals surface area contributed by atoms with Crippen molar-refractivity contribution in [1.82, 2.24) is 16.0 Å². The van der Waals surface area contributed by atoms with Gasteiger partial charge in [-0.05, 0) is 119 Å². The van der Waals surface area contributed by atoms with Gasteiger partial charge in [-0.2, -0.15) is 0 Å². The molecule has 352 valence electrons. The van der Waals surface area contributed by atoms with Gasteiger partial charge < -0.3 is 30.5 Å². The van der Waals surface area contributed by atoms with E-state index in [1.54, 1.807) is 43.5 Å². The molecule has 11 heteroatoms. The number of carbonyl (C=O) groups excluding carboxylic acids is 3. The molecule has 0 spiro atoms. The number of halogens is 1. The molecule has 7 aromatic rings. The average molecular weight is 925 g/mol. The van der Waals surface area contributed by atoms with Crippen molar-refractivity contribution >= 4 is 23.6 Å². The Morgan fingerprint density at radius 1 is 0.652 bits per heavy atom. The third-order valence-electron chi connectivity index (χ3n) is 12.8. The Morgan fingerprint density at radius 2 is 1.22 bits per heavy atom. The number of alkyl carbamates (subject to hydrolysis) is 1. The van der Waals surface area contributed by atoms with Crippen LogP contribution in [-0.2, 0) is 32.9 Å². The second-order valence-electron chi connectivity index (χ2n) is 17.3. The number of unbranched alkanes of at least 4 members (excludes halogenated alkanes) is 1. The molecule has 0 radical (unpaired) electrons. The summed E-state index contributed by atoms with van der Waals surface area (Å²) in [5, 5.41) is 22.3. The minimum absolute atomic E-state index is 0.0869. The zero-order valence-electron chi connectivity index (χ0n) is 38.6. The van der Waals surface area contributed by atoms with Crippen LogP contribution in [-0.4, -0.2) is 55.4 Å². The highest BCUT2D eigenvalue weighted by Gasteiger charge is 2.36. The molecule has 2 unspecified atom stereocenters. The number of aliphatic hydroxyl groups excluding tert-OH is 1. The van der Waals surface area contributed by atoms with E-state index in [1.165, 1.54) is 12.1 Å². The van der Waals surface area contributed by atoms with Gasteiger partial charge in [-0.25, -0.2) is 9.18 Å². The van der Waals surface area contributed by atoms with Gasteiger partial charge in [-0.1, -0.05) is 146 Å². The lowest BCUT2D eigenvalue weighted by Crippen LogP contribution is -2.47. The number of carbonyl (C=O) groups is 3. The summed E-state index contributed by atoms with van der Waals surface area (Å²) < 4.78 is 25.4. The zero-order valence-corrected chi connectivity index (χ0v) is 38.6. The van der Waals surface area contributed by atoms with Gasteiger partial charge in [0.2, 0.25) is 11.8 Å². The molecule has 0 saturated carbocycles. The molecule has 7 aromatic carbocycles. The van der Waals surface area contributed by atoms with Gasteiger partial charge in [0.25, 0.3) is 0 Å². The molecule has 0 heterocycles.